The van der Waals surface area contributed by atoms with Gasteiger partial charge in [-0.05, 0) is 6.07 Å². The number of amides is 3. The maximum atomic E-state index is 15.0. The number of carbonyl (C=O) groups excluding carboxylic acids is 3. The first-order valence-corrected chi connectivity index (χ1v) is 11.0. The molecule has 17 heteroatoms. The lowest BCUT2D eigenvalue weighted by atomic mass is 10.2. The maximum absolute atomic E-state index is 15.0. The first-order chi connectivity index (χ1) is 18.0. The number of hydrogen-bond acceptors (Lipinski definition) is 9. The molecular formula is C21H19F4N5O8. The number of hydroxylamine groups is 2. The molecule has 0 unspecified atom stereocenters. The van der Waals surface area contributed by atoms with Gasteiger partial charge in [-0.2, -0.15) is 8.78 Å². The van der Waals surface area contributed by atoms with E-state index in [2.05, 4.69) is 0 Å². The molecule has 1 aromatic carbocycles. The highest BCUT2D eigenvalue weighted by atomic mass is 19.3. The van der Waals surface area contributed by atoms with Crippen molar-refractivity contribution in [2.45, 2.75) is 12.5 Å². The molecule has 2 aliphatic rings. The van der Waals surface area contributed by atoms with Crippen molar-refractivity contribution in [3.63, 3.8) is 0 Å². The van der Waals surface area contributed by atoms with Crippen molar-refractivity contribution in [2.24, 2.45) is 0 Å². The molecule has 1 atom stereocenters. The summed E-state index contributed by atoms with van der Waals surface area (Å²) in [5.41, 5.74) is -0.646. The Morgan fingerprint density at radius 1 is 1.16 bits per heavy atom. The van der Waals surface area contributed by atoms with Gasteiger partial charge in [0.1, 0.15) is 16.7 Å². The number of furan rings is 1. The summed E-state index contributed by atoms with van der Waals surface area (Å²) in [5.74, 6) is -5.43. The van der Waals surface area contributed by atoms with E-state index in [1.807, 2.05) is 5.32 Å². The zero-order chi connectivity index (χ0) is 27.6. The third-order valence-corrected chi connectivity index (χ3v) is 5.60. The summed E-state index contributed by atoms with van der Waals surface area (Å²) in [4.78, 5) is 53.2. The predicted molar refractivity (Wildman–Crippen MR) is 118 cm³/mol. The van der Waals surface area contributed by atoms with Gasteiger partial charge in [0, 0.05) is 25.2 Å². The number of anilines is 2. The lowest BCUT2D eigenvalue weighted by Crippen LogP contribution is -2.37. The second-order valence-corrected chi connectivity index (χ2v) is 8.04. The highest BCUT2D eigenvalue weighted by molar-refractivity contribution is 5.91. The summed E-state index contributed by atoms with van der Waals surface area (Å²) in [6.07, 6.45) is -5.25. The van der Waals surface area contributed by atoms with Gasteiger partial charge in [-0.3, -0.25) is 29.4 Å². The van der Waals surface area contributed by atoms with Crippen LogP contribution in [-0.2, 0) is 14.4 Å². The number of benzene rings is 1. The first kappa shape index (κ1) is 26.6. The first-order valence-electron chi connectivity index (χ1n) is 11.0. The van der Waals surface area contributed by atoms with Crippen molar-refractivity contribution in [1.82, 2.24) is 10.4 Å². The van der Waals surface area contributed by atoms with Crippen LogP contribution in [0.3, 0.4) is 0 Å². The van der Waals surface area contributed by atoms with E-state index in [1.54, 1.807) is 0 Å². The average molecular weight is 545 g/mol. The molecule has 0 aliphatic carbocycles. The van der Waals surface area contributed by atoms with Gasteiger partial charge in [0.2, 0.25) is 5.76 Å². The number of rotatable bonds is 7. The van der Waals surface area contributed by atoms with Crippen LogP contribution in [0, 0.1) is 21.7 Å². The fraction of sp³-hybridized carbons (Fsp3) is 0.381. The third kappa shape index (κ3) is 5.61. The summed E-state index contributed by atoms with van der Waals surface area (Å²) in [5, 5.41) is 13.5. The maximum Gasteiger partial charge on any atom is 0.433 e. The normalized spacial score (nSPS) is 18.0. The van der Waals surface area contributed by atoms with Crippen LogP contribution in [0.1, 0.15) is 10.6 Å². The Morgan fingerprint density at radius 3 is 2.50 bits per heavy atom. The number of nitro groups is 1. The van der Waals surface area contributed by atoms with Crippen LogP contribution in [-0.4, -0.2) is 79.8 Å². The van der Waals surface area contributed by atoms with Crippen LogP contribution in [0.5, 0.6) is 0 Å². The molecule has 0 bridgehead atoms. The van der Waals surface area contributed by atoms with Crippen LogP contribution < -0.4 is 15.1 Å². The van der Waals surface area contributed by atoms with E-state index in [4.69, 9.17) is 14.0 Å². The Balaban J connectivity index is 1.42. The molecule has 4 rings (SSSR count). The van der Waals surface area contributed by atoms with Crippen molar-refractivity contribution >= 4 is 35.2 Å². The molecule has 3 amide bonds. The van der Waals surface area contributed by atoms with Crippen LogP contribution in [0.4, 0.5) is 39.6 Å². The van der Waals surface area contributed by atoms with Gasteiger partial charge in [-0.15, -0.1) is 0 Å². The Kier molecular flexibility index (Phi) is 7.65. The van der Waals surface area contributed by atoms with Crippen LogP contribution in [0.2, 0.25) is 0 Å². The average Bonchev–Trinajstić information content (AvgIpc) is 3.43. The second-order valence-electron chi connectivity index (χ2n) is 8.04. The SMILES string of the molecule is O=C(NC[C@H]1CN(c2cc(F)c(N3CCON(C(=O)c4ccc([N+](=O)[O-])o4)CC3)c(F)c2)C(=O)O1)C(F)F. The molecule has 2 aliphatic heterocycles. The summed E-state index contributed by atoms with van der Waals surface area (Å²) >= 11 is 0. The van der Waals surface area contributed by atoms with E-state index in [1.165, 1.54) is 4.90 Å². The number of nitrogens with one attached hydrogen (secondary N) is 1. The molecule has 38 heavy (non-hydrogen) atoms. The van der Waals surface area contributed by atoms with E-state index in [0.29, 0.717) is 0 Å². The van der Waals surface area contributed by atoms with Crippen LogP contribution >= 0.6 is 0 Å². The van der Waals surface area contributed by atoms with E-state index in [9.17, 15) is 33.3 Å². The highest BCUT2D eigenvalue weighted by Crippen LogP contribution is 2.31. The highest BCUT2D eigenvalue weighted by Gasteiger charge is 2.35. The zero-order valence-electron chi connectivity index (χ0n) is 19.3. The molecule has 2 aromatic rings. The second kappa shape index (κ2) is 10.9. The lowest BCUT2D eigenvalue weighted by molar-refractivity contribution is -0.402. The molecule has 13 nitrogen and oxygen atoms in total. The van der Waals surface area contributed by atoms with Gasteiger partial charge in [0.25, 0.3) is 5.91 Å². The number of carbonyl (C=O) groups is 3. The fourth-order valence-electron chi connectivity index (χ4n) is 3.84. The number of hydrogen-bond donors (Lipinski definition) is 1. The summed E-state index contributed by atoms with van der Waals surface area (Å²) < 4.78 is 64.6. The molecular weight excluding hydrogens is 526 g/mol. The monoisotopic (exact) mass is 545 g/mol. The lowest BCUT2D eigenvalue weighted by Gasteiger charge is -2.24. The molecule has 204 valence electrons. The minimum atomic E-state index is -3.25. The van der Waals surface area contributed by atoms with Gasteiger partial charge in [0.05, 0.1) is 38.0 Å². The Morgan fingerprint density at radius 2 is 1.87 bits per heavy atom. The van der Waals surface area contributed by atoms with Gasteiger partial charge in [-0.25, -0.2) is 18.6 Å². The molecule has 0 spiro atoms. The molecule has 0 radical (unpaired) electrons. The van der Waals surface area contributed by atoms with Gasteiger partial charge in [0.15, 0.2) is 11.6 Å². The molecule has 1 N–H and O–H groups in total. The minimum absolute atomic E-state index is 0.0348. The standard InChI is InChI=1S/C21H19F4N5O8/c22-13-7-11(28-10-12(37-21(28)33)9-26-19(31)18(24)25)8-14(23)17(13)27-3-4-29(36-6-5-27)20(32)15-1-2-16(38-15)30(34)35/h1-2,7-8,12,18H,3-6,9-10H2,(H,26,31)/t12-/m0/s1. The topological polar surface area (TPSA) is 148 Å². The minimum Gasteiger partial charge on any atom is -0.442 e. The summed E-state index contributed by atoms with van der Waals surface area (Å²) in [6, 6.07) is 3.87. The van der Waals surface area contributed by atoms with Crippen molar-refractivity contribution in [1.29, 1.82) is 0 Å². The molecule has 3 heterocycles. The smallest absolute Gasteiger partial charge is 0.433 e. The number of alkyl halides is 2. The van der Waals surface area contributed by atoms with E-state index >= 15 is 8.78 Å². The van der Waals surface area contributed by atoms with Crippen molar-refractivity contribution in [2.75, 3.05) is 49.1 Å². The number of halogens is 4. The largest absolute Gasteiger partial charge is 0.442 e. The van der Waals surface area contributed by atoms with Crippen LogP contribution in [0.15, 0.2) is 28.7 Å². The number of nitrogens with zero attached hydrogens (tertiary/aromatic N) is 4. The van der Waals surface area contributed by atoms with E-state index in [0.717, 1.165) is 34.2 Å². The van der Waals surface area contributed by atoms with Crippen molar-refractivity contribution < 1.29 is 50.9 Å². The quantitative estimate of drug-likeness (QED) is 0.314. The number of ether oxygens (including phenoxy) is 1. The molecule has 1 aromatic heterocycles. The number of cyclic esters (lactones) is 1. The molecule has 2 fully saturated rings. The molecule has 0 saturated carbocycles. The van der Waals surface area contributed by atoms with Gasteiger partial charge in [-0.1, -0.05) is 0 Å². The Hall–Kier alpha value is -4.41. The Labute approximate surface area is 210 Å². The molecule has 2 saturated heterocycles. The van der Waals surface area contributed by atoms with Crippen molar-refractivity contribution in [3.05, 3.63) is 51.8 Å². The summed E-state index contributed by atoms with van der Waals surface area (Å²) in [7, 11) is 0. The van der Waals surface area contributed by atoms with Gasteiger partial charge < -0.3 is 19.4 Å². The van der Waals surface area contributed by atoms with Gasteiger partial charge >= 0.3 is 24.3 Å². The predicted octanol–water partition coefficient (Wildman–Crippen LogP) is 2.07. The zero-order valence-corrected chi connectivity index (χ0v) is 19.3. The fourth-order valence-corrected chi connectivity index (χ4v) is 3.84. The third-order valence-electron chi connectivity index (χ3n) is 5.60. The van der Waals surface area contributed by atoms with E-state index in [-0.39, 0.29) is 44.2 Å². The Bertz CT molecular complexity index is 1230. The van der Waals surface area contributed by atoms with Crippen LogP contribution in [0.25, 0.3) is 0 Å². The van der Waals surface area contributed by atoms with E-state index < -0.39 is 65.1 Å². The summed E-state index contributed by atoms with van der Waals surface area (Å²) in [6.45, 7) is -1.12. The van der Waals surface area contributed by atoms with Crippen molar-refractivity contribution in [3.8, 4) is 0 Å².